The van der Waals surface area contributed by atoms with Gasteiger partial charge in [-0.3, -0.25) is 19.2 Å². The van der Waals surface area contributed by atoms with Gasteiger partial charge in [0.2, 0.25) is 23.6 Å². The van der Waals surface area contributed by atoms with E-state index >= 15 is 0 Å². The number of nitrogens with two attached hydrogens (primary N) is 4. The normalized spacial score (nSPS) is 12.6. The lowest BCUT2D eigenvalue weighted by atomic mass is 10.0. The smallest absolute Gasteiger partial charge is 0.243 e. The van der Waals surface area contributed by atoms with Crippen LogP contribution in [0.15, 0.2) is 30.3 Å². The minimum atomic E-state index is -0.901. The number of rotatable bonds is 28. The van der Waals surface area contributed by atoms with Gasteiger partial charge < -0.3 is 44.2 Å². The molecule has 0 heterocycles. The van der Waals surface area contributed by atoms with E-state index in [9.17, 15) is 19.2 Å². The van der Waals surface area contributed by atoms with E-state index in [0.717, 1.165) is 44.1 Å². The fourth-order valence-electron chi connectivity index (χ4n) is 5.21. The Bertz CT molecular complexity index is 1020. The fourth-order valence-corrected chi connectivity index (χ4v) is 5.21. The molecule has 1 rings (SSSR count). The molecule has 4 amide bonds. The fraction of sp³-hybridized carbons (Fsp3) is 0.714. The van der Waals surface area contributed by atoms with Gasteiger partial charge in [0.25, 0.3) is 0 Å². The third kappa shape index (κ3) is 27.4. The molecule has 0 saturated carbocycles. The Labute approximate surface area is 331 Å². The number of hydrogen-bond acceptors (Lipinski definition) is 8. The van der Waals surface area contributed by atoms with Crippen LogP contribution in [0.5, 0.6) is 0 Å². The van der Waals surface area contributed by atoms with Gasteiger partial charge in [0.15, 0.2) is 0 Å². The molecule has 0 aliphatic carbocycles. The van der Waals surface area contributed by atoms with Gasteiger partial charge in [-0.1, -0.05) is 82.2 Å². The highest BCUT2D eigenvalue weighted by Gasteiger charge is 2.28. The summed E-state index contributed by atoms with van der Waals surface area (Å²) in [5.74, 6) is -1.35. The Hall–Kier alpha value is -1.90. The summed E-state index contributed by atoms with van der Waals surface area (Å²) in [6.07, 6.45) is 12.5. The number of halogens is 4. The molecule has 16 heteroatoms. The Balaban J connectivity index is -0.00000276. The molecular weight excluding hydrogens is 738 g/mol. The molecule has 0 fully saturated rings. The number of unbranched alkanes of at least 4 members (excludes halogenated alkanes) is 8. The van der Waals surface area contributed by atoms with E-state index in [1.165, 1.54) is 19.3 Å². The lowest BCUT2D eigenvalue weighted by molar-refractivity contribution is -0.132. The molecule has 0 radical (unpaired) electrons. The number of carbonyl (C=O) groups excluding carboxylic acids is 4. The quantitative estimate of drug-likeness (QED) is 0.0584. The van der Waals surface area contributed by atoms with Crippen LogP contribution in [0.2, 0.25) is 0 Å². The lowest BCUT2D eigenvalue weighted by Gasteiger charge is -2.24. The number of benzene rings is 1. The van der Waals surface area contributed by atoms with Crippen LogP contribution in [-0.2, 0) is 25.6 Å². The zero-order valence-electron chi connectivity index (χ0n) is 30.4. The monoisotopic (exact) mass is 804 g/mol. The first-order valence-corrected chi connectivity index (χ1v) is 17.8. The lowest BCUT2D eigenvalue weighted by Crippen LogP contribution is -2.56. The molecule has 0 aromatic heterocycles. The summed E-state index contributed by atoms with van der Waals surface area (Å²) >= 11 is 0. The van der Waals surface area contributed by atoms with Crippen molar-refractivity contribution in [1.29, 1.82) is 0 Å². The van der Waals surface area contributed by atoms with Crippen LogP contribution in [0.4, 0.5) is 0 Å². The minimum absolute atomic E-state index is 0. The number of nitrogens with one attached hydrogen (secondary N) is 4. The van der Waals surface area contributed by atoms with Crippen LogP contribution < -0.4 is 44.2 Å². The zero-order valence-corrected chi connectivity index (χ0v) is 33.7. The number of hydrogen-bond donors (Lipinski definition) is 8. The Morgan fingerprint density at radius 1 is 0.549 bits per heavy atom. The maximum Gasteiger partial charge on any atom is 0.243 e. The summed E-state index contributed by atoms with van der Waals surface area (Å²) in [7, 11) is 0. The molecule has 51 heavy (non-hydrogen) atoms. The summed E-state index contributed by atoms with van der Waals surface area (Å²) in [5.41, 5.74) is 24.1. The molecule has 1 aromatic carbocycles. The van der Waals surface area contributed by atoms with Crippen molar-refractivity contribution in [2.24, 2.45) is 22.9 Å². The van der Waals surface area contributed by atoms with E-state index < -0.39 is 36.0 Å². The number of amides is 4. The number of carbonyl (C=O) groups is 4. The van der Waals surface area contributed by atoms with Crippen molar-refractivity contribution in [3.8, 4) is 0 Å². The molecule has 0 bridgehead atoms. The van der Waals surface area contributed by atoms with E-state index in [4.69, 9.17) is 22.9 Å². The van der Waals surface area contributed by atoms with Gasteiger partial charge in [0.1, 0.15) is 12.1 Å². The molecule has 0 aliphatic rings. The predicted octanol–water partition coefficient (Wildman–Crippen LogP) is 3.56. The summed E-state index contributed by atoms with van der Waals surface area (Å²) in [6.45, 7) is 4.18. The Morgan fingerprint density at radius 2 is 1.02 bits per heavy atom. The summed E-state index contributed by atoms with van der Waals surface area (Å²) < 4.78 is 0. The molecule has 300 valence electrons. The zero-order chi connectivity index (χ0) is 34.7. The summed E-state index contributed by atoms with van der Waals surface area (Å²) in [6, 6.07) is 6.43. The first kappa shape index (κ1) is 55.8. The van der Waals surface area contributed by atoms with Crippen LogP contribution in [0.1, 0.15) is 109 Å². The minimum Gasteiger partial charge on any atom is -0.355 e. The highest BCUT2D eigenvalue weighted by molar-refractivity contribution is 5.93. The largest absolute Gasteiger partial charge is 0.355 e. The standard InChI is InChI=1S/C35H64N8O4.4ClH/c1-2-3-4-5-6-15-24-41-34(46)31(26-27-17-8-7-9-18-27)43-35(47)30(42-33(45)29(39)20-11-14-23-37)21-12-16-25-40-32(44)28(38)19-10-13-22-36;;;;/h7-9,17-18,28-31H,2-6,10-16,19-26,36-39H2,1H3,(H,40,44)(H,41,46)(H,42,45)(H,43,47);4*1H/t28-,29-,30-,31-;;;;/m0..../s1. The molecule has 0 spiro atoms. The van der Waals surface area contributed by atoms with E-state index in [2.05, 4.69) is 28.2 Å². The highest BCUT2D eigenvalue weighted by Crippen LogP contribution is 2.09. The first-order chi connectivity index (χ1) is 22.7. The molecule has 0 saturated heterocycles. The summed E-state index contributed by atoms with van der Waals surface area (Å²) in [5, 5.41) is 11.6. The van der Waals surface area contributed by atoms with Crippen LogP contribution in [-0.4, -0.2) is 74.0 Å². The highest BCUT2D eigenvalue weighted by atomic mass is 35.5. The second-order valence-corrected chi connectivity index (χ2v) is 12.4. The first-order valence-electron chi connectivity index (χ1n) is 17.8. The molecular formula is C35H68Cl4N8O4. The van der Waals surface area contributed by atoms with E-state index in [0.29, 0.717) is 71.1 Å². The second kappa shape index (κ2) is 36.5. The van der Waals surface area contributed by atoms with Crippen molar-refractivity contribution >= 4 is 73.3 Å². The van der Waals surface area contributed by atoms with Gasteiger partial charge in [-0.25, -0.2) is 0 Å². The maximum atomic E-state index is 13.7. The SMILES string of the molecule is CCCCCCCCNC(=O)[C@H](Cc1ccccc1)NC(=O)[C@H](CCCCNC(=O)[C@@H](N)CCCCN)NC(=O)[C@@H](N)CCCCN.Cl.Cl.Cl.Cl. The third-order valence-electron chi connectivity index (χ3n) is 8.21. The van der Waals surface area contributed by atoms with Crippen molar-refractivity contribution in [1.82, 2.24) is 21.3 Å². The molecule has 0 unspecified atom stereocenters. The van der Waals surface area contributed by atoms with Crippen molar-refractivity contribution in [2.75, 3.05) is 26.2 Å². The molecule has 4 atom stereocenters. The predicted molar refractivity (Wildman–Crippen MR) is 218 cm³/mol. The van der Waals surface area contributed by atoms with Gasteiger partial charge in [0, 0.05) is 19.5 Å². The topological polar surface area (TPSA) is 220 Å². The molecule has 1 aromatic rings. The molecule has 0 aliphatic heterocycles. The van der Waals surface area contributed by atoms with Gasteiger partial charge in [-0.05, 0) is 70.0 Å². The third-order valence-corrected chi connectivity index (χ3v) is 8.21. The maximum absolute atomic E-state index is 13.7. The van der Waals surface area contributed by atoms with Gasteiger partial charge >= 0.3 is 0 Å². The van der Waals surface area contributed by atoms with Gasteiger partial charge in [-0.2, -0.15) is 0 Å². The van der Waals surface area contributed by atoms with Crippen LogP contribution in [0.3, 0.4) is 0 Å². The van der Waals surface area contributed by atoms with Crippen molar-refractivity contribution in [3.63, 3.8) is 0 Å². The van der Waals surface area contributed by atoms with E-state index in [1.54, 1.807) is 0 Å². The average Bonchev–Trinajstić information content (AvgIpc) is 3.07. The van der Waals surface area contributed by atoms with Crippen LogP contribution in [0, 0.1) is 0 Å². The molecule has 12 nitrogen and oxygen atoms in total. The summed E-state index contributed by atoms with van der Waals surface area (Å²) in [4.78, 5) is 52.3. The average molecular weight is 807 g/mol. The van der Waals surface area contributed by atoms with Crippen molar-refractivity contribution in [2.45, 2.75) is 134 Å². The van der Waals surface area contributed by atoms with Crippen LogP contribution in [0.25, 0.3) is 0 Å². The van der Waals surface area contributed by atoms with Crippen molar-refractivity contribution < 1.29 is 19.2 Å². The van der Waals surface area contributed by atoms with Gasteiger partial charge in [0.05, 0.1) is 12.1 Å². The van der Waals surface area contributed by atoms with Crippen LogP contribution >= 0.6 is 49.6 Å². The van der Waals surface area contributed by atoms with E-state index in [1.807, 2.05) is 30.3 Å². The van der Waals surface area contributed by atoms with E-state index in [-0.39, 0.29) is 61.4 Å². The Kier molecular flexibility index (Phi) is 39.9. The van der Waals surface area contributed by atoms with Gasteiger partial charge in [-0.15, -0.1) is 49.6 Å². The molecule has 12 N–H and O–H groups in total. The second-order valence-electron chi connectivity index (χ2n) is 12.4. The van der Waals surface area contributed by atoms with Crippen molar-refractivity contribution in [3.05, 3.63) is 35.9 Å². The Morgan fingerprint density at radius 3 is 1.59 bits per heavy atom.